The van der Waals surface area contributed by atoms with E-state index in [0.29, 0.717) is 6.04 Å². The molecule has 0 radical (unpaired) electrons. The van der Waals surface area contributed by atoms with Gasteiger partial charge in [-0.1, -0.05) is 13.8 Å². The molecule has 1 aromatic heterocycles. The molecule has 0 saturated carbocycles. The van der Waals surface area contributed by atoms with Crippen molar-refractivity contribution in [1.29, 1.82) is 0 Å². The summed E-state index contributed by atoms with van der Waals surface area (Å²) in [6.07, 6.45) is 5.51. The smallest absolute Gasteiger partial charge is 0.0924 e. The Morgan fingerprint density at radius 3 is 2.73 bits per heavy atom. The van der Waals surface area contributed by atoms with E-state index in [-0.39, 0.29) is 0 Å². The third-order valence-electron chi connectivity index (χ3n) is 2.77. The van der Waals surface area contributed by atoms with Gasteiger partial charge in [-0.25, -0.2) is 4.98 Å². The van der Waals surface area contributed by atoms with Gasteiger partial charge in [0, 0.05) is 17.6 Å². The largest absolute Gasteiger partial charge is 0.314 e. The summed E-state index contributed by atoms with van der Waals surface area (Å²) < 4.78 is 0. The van der Waals surface area contributed by atoms with Crippen molar-refractivity contribution in [1.82, 2.24) is 10.3 Å². The highest BCUT2D eigenvalue weighted by Crippen LogP contribution is 2.08. The summed E-state index contributed by atoms with van der Waals surface area (Å²) in [7, 11) is 0. The van der Waals surface area contributed by atoms with Crippen LogP contribution >= 0.6 is 11.3 Å². The van der Waals surface area contributed by atoms with E-state index in [2.05, 4.69) is 36.5 Å². The second kappa shape index (κ2) is 6.96. The molecule has 0 aliphatic carbocycles. The number of nitrogens with one attached hydrogen (secondary N) is 1. The van der Waals surface area contributed by atoms with E-state index >= 15 is 0 Å². The number of aromatic nitrogens is 1. The normalized spacial score (nSPS) is 13.3. The standard InChI is InChI=1S/C12H22N2S/c1-10(2)11(3)13-7-5-4-6-12-14-8-9-15-12/h8-11,13H,4-7H2,1-3H3. The van der Waals surface area contributed by atoms with Crippen LogP contribution in [0.1, 0.15) is 38.6 Å². The minimum atomic E-state index is 0.630. The molecule has 0 aromatic carbocycles. The number of thiazole rings is 1. The fourth-order valence-electron chi connectivity index (χ4n) is 1.34. The molecule has 2 nitrogen and oxygen atoms in total. The lowest BCUT2D eigenvalue weighted by Gasteiger charge is -2.16. The fraction of sp³-hybridized carbons (Fsp3) is 0.750. The molecule has 15 heavy (non-hydrogen) atoms. The van der Waals surface area contributed by atoms with Crippen LogP contribution in [0.5, 0.6) is 0 Å². The number of hydrogen-bond donors (Lipinski definition) is 1. The van der Waals surface area contributed by atoms with Crippen LogP contribution < -0.4 is 5.32 Å². The van der Waals surface area contributed by atoms with Crippen molar-refractivity contribution in [3.8, 4) is 0 Å². The quantitative estimate of drug-likeness (QED) is 0.723. The zero-order chi connectivity index (χ0) is 11.1. The zero-order valence-corrected chi connectivity index (χ0v) is 10.8. The topological polar surface area (TPSA) is 24.9 Å². The Hall–Kier alpha value is -0.410. The van der Waals surface area contributed by atoms with E-state index in [1.807, 2.05) is 6.20 Å². The summed E-state index contributed by atoms with van der Waals surface area (Å²) in [5.74, 6) is 0.726. The summed E-state index contributed by atoms with van der Waals surface area (Å²) >= 11 is 1.76. The number of unbranched alkanes of at least 4 members (excludes halogenated alkanes) is 1. The van der Waals surface area contributed by atoms with E-state index in [0.717, 1.165) is 18.9 Å². The first-order chi connectivity index (χ1) is 7.20. The molecular formula is C12H22N2S. The van der Waals surface area contributed by atoms with Crippen molar-refractivity contribution in [2.45, 2.75) is 46.1 Å². The molecule has 0 fully saturated rings. The van der Waals surface area contributed by atoms with Gasteiger partial charge in [-0.05, 0) is 38.6 Å². The van der Waals surface area contributed by atoms with Crippen molar-refractivity contribution >= 4 is 11.3 Å². The van der Waals surface area contributed by atoms with Crippen LogP contribution in [0.25, 0.3) is 0 Å². The van der Waals surface area contributed by atoms with Crippen LogP contribution in [0.4, 0.5) is 0 Å². The molecule has 1 atom stereocenters. The molecule has 1 N–H and O–H groups in total. The maximum Gasteiger partial charge on any atom is 0.0924 e. The Bertz CT molecular complexity index is 244. The summed E-state index contributed by atoms with van der Waals surface area (Å²) in [4.78, 5) is 4.28. The van der Waals surface area contributed by atoms with Crippen molar-refractivity contribution in [3.05, 3.63) is 16.6 Å². The lowest BCUT2D eigenvalue weighted by molar-refractivity contribution is 0.422. The van der Waals surface area contributed by atoms with Gasteiger partial charge in [-0.2, -0.15) is 0 Å². The Labute approximate surface area is 97.1 Å². The average Bonchev–Trinajstić information content (AvgIpc) is 2.69. The molecule has 1 rings (SSSR count). The minimum absolute atomic E-state index is 0.630. The van der Waals surface area contributed by atoms with Gasteiger partial charge in [0.05, 0.1) is 5.01 Å². The highest BCUT2D eigenvalue weighted by molar-refractivity contribution is 7.09. The number of nitrogens with zero attached hydrogens (tertiary/aromatic N) is 1. The molecule has 1 aromatic rings. The monoisotopic (exact) mass is 226 g/mol. The lowest BCUT2D eigenvalue weighted by atomic mass is 10.1. The van der Waals surface area contributed by atoms with Crippen molar-refractivity contribution in [2.24, 2.45) is 5.92 Å². The maximum atomic E-state index is 4.28. The van der Waals surface area contributed by atoms with Crippen LogP contribution in [0, 0.1) is 5.92 Å². The number of rotatable bonds is 7. The van der Waals surface area contributed by atoms with Gasteiger partial charge in [0.1, 0.15) is 0 Å². The molecular weight excluding hydrogens is 204 g/mol. The van der Waals surface area contributed by atoms with Gasteiger partial charge in [0.25, 0.3) is 0 Å². The average molecular weight is 226 g/mol. The summed E-state index contributed by atoms with van der Waals surface area (Å²) in [5, 5.41) is 6.87. The second-order valence-electron chi connectivity index (χ2n) is 4.37. The molecule has 86 valence electrons. The molecule has 1 unspecified atom stereocenters. The summed E-state index contributed by atoms with van der Waals surface area (Å²) in [5.41, 5.74) is 0. The Kier molecular flexibility index (Phi) is 5.88. The Morgan fingerprint density at radius 2 is 2.13 bits per heavy atom. The van der Waals surface area contributed by atoms with Crippen LogP contribution in [0.3, 0.4) is 0 Å². The maximum absolute atomic E-state index is 4.28. The molecule has 3 heteroatoms. The summed E-state index contributed by atoms with van der Waals surface area (Å²) in [6.45, 7) is 7.90. The molecule has 0 bridgehead atoms. The Morgan fingerprint density at radius 1 is 1.33 bits per heavy atom. The highest BCUT2D eigenvalue weighted by Gasteiger charge is 2.04. The molecule has 0 amide bonds. The highest BCUT2D eigenvalue weighted by atomic mass is 32.1. The number of hydrogen-bond acceptors (Lipinski definition) is 3. The van der Waals surface area contributed by atoms with Gasteiger partial charge in [-0.15, -0.1) is 11.3 Å². The van der Waals surface area contributed by atoms with Crippen LogP contribution in [0.2, 0.25) is 0 Å². The fourth-order valence-corrected chi connectivity index (χ4v) is 2.01. The van der Waals surface area contributed by atoms with E-state index in [1.165, 1.54) is 17.8 Å². The third kappa shape index (κ3) is 5.28. The van der Waals surface area contributed by atoms with E-state index < -0.39 is 0 Å². The first kappa shape index (κ1) is 12.7. The van der Waals surface area contributed by atoms with Crippen LogP contribution in [-0.2, 0) is 6.42 Å². The SMILES string of the molecule is CC(C)C(C)NCCCCc1nccs1. The van der Waals surface area contributed by atoms with Crippen LogP contribution in [-0.4, -0.2) is 17.6 Å². The van der Waals surface area contributed by atoms with E-state index in [9.17, 15) is 0 Å². The van der Waals surface area contributed by atoms with Gasteiger partial charge in [0.15, 0.2) is 0 Å². The molecule has 0 saturated heterocycles. The van der Waals surface area contributed by atoms with Gasteiger partial charge < -0.3 is 5.32 Å². The van der Waals surface area contributed by atoms with Crippen LogP contribution in [0.15, 0.2) is 11.6 Å². The molecule has 0 aliphatic heterocycles. The Balaban J connectivity index is 1.98. The predicted molar refractivity (Wildman–Crippen MR) is 67.4 cm³/mol. The van der Waals surface area contributed by atoms with Gasteiger partial charge >= 0.3 is 0 Å². The summed E-state index contributed by atoms with van der Waals surface area (Å²) in [6, 6.07) is 0.630. The molecule has 1 heterocycles. The molecule has 0 spiro atoms. The van der Waals surface area contributed by atoms with Crippen molar-refractivity contribution < 1.29 is 0 Å². The van der Waals surface area contributed by atoms with Gasteiger partial charge in [-0.3, -0.25) is 0 Å². The van der Waals surface area contributed by atoms with E-state index in [1.54, 1.807) is 11.3 Å². The second-order valence-corrected chi connectivity index (χ2v) is 5.35. The van der Waals surface area contributed by atoms with Gasteiger partial charge in [0.2, 0.25) is 0 Å². The predicted octanol–water partition coefficient (Wildman–Crippen LogP) is 3.10. The zero-order valence-electron chi connectivity index (χ0n) is 9.99. The minimum Gasteiger partial charge on any atom is -0.314 e. The number of aryl methyl sites for hydroxylation is 1. The van der Waals surface area contributed by atoms with Crippen molar-refractivity contribution in [3.63, 3.8) is 0 Å². The third-order valence-corrected chi connectivity index (χ3v) is 3.61. The van der Waals surface area contributed by atoms with E-state index in [4.69, 9.17) is 0 Å². The molecule has 0 aliphatic rings. The van der Waals surface area contributed by atoms with Crippen molar-refractivity contribution in [2.75, 3.05) is 6.54 Å². The lowest BCUT2D eigenvalue weighted by Crippen LogP contribution is -2.31. The first-order valence-electron chi connectivity index (χ1n) is 5.82. The first-order valence-corrected chi connectivity index (χ1v) is 6.70.